The summed E-state index contributed by atoms with van der Waals surface area (Å²) in [6.07, 6.45) is -5.99. The van der Waals surface area contributed by atoms with Crippen molar-refractivity contribution >= 4 is 24.2 Å². The van der Waals surface area contributed by atoms with Crippen LogP contribution in [0.2, 0.25) is 0 Å². The fraction of sp³-hybridized carbons (Fsp3) is 0.846. The zero-order chi connectivity index (χ0) is 17.3. The van der Waals surface area contributed by atoms with Gasteiger partial charge in [-0.15, -0.1) is 12.4 Å². The largest absolute Gasteiger partial charge is 0.397 e. The molecule has 1 atom stereocenters. The number of rotatable bonds is 3. The van der Waals surface area contributed by atoms with Gasteiger partial charge in [-0.2, -0.15) is 13.2 Å². The summed E-state index contributed by atoms with van der Waals surface area (Å²) >= 11 is 0. The molecule has 1 unspecified atom stereocenters. The molecule has 11 heteroatoms. The van der Waals surface area contributed by atoms with Crippen molar-refractivity contribution in [3.8, 4) is 0 Å². The lowest BCUT2D eigenvalue weighted by Gasteiger charge is -2.33. The number of hydrogen-bond acceptors (Lipinski definition) is 3. The maximum atomic E-state index is 13.0. The summed E-state index contributed by atoms with van der Waals surface area (Å²) in [7, 11) is 0. The van der Waals surface area contributed by atoms with E-state index in [0.717, 1.165) is 4.90 Å². The van der Waals surface area contributed by atoms with Crippen molar-refractivity contribution in [3.05, 3.63) is 0 Å². The second kappa shape index (κ2) is 7.81. The van der Waals surface area contributed by atoms with Gasteiger partial charge in [-0.25, -0.2) is 8.78 Å². The lowest BCUT2D eigenvalue weighted by molar-refractivity contribution is -0.162. The summed E-state index contributed by atoms with van der Waals surface area (Å²) < 4.78 is 62.6. The second-order valence-electron chi connectivity index (χ2n) is 5.95. The lowest BCUT2D eigenvalue weighted by atomic mass is 10.0. The van der Waals surface area contributed by atoms with Gasteiger partial charge in [0, 0.05) is 25.6 Å². The number of hydrogen-bond donors (Lipinski definition) is 2. The van der Waals surface area contributed by atoms with Crippen LogP contribution in [0.5, 0.6) is 0 Å². The van der Waals surface area contributed by atoms with Crippen molar-refractivity contribution in [3.63, 3.8) is 0 Å². The minimum Gasteiger partial charge on any atom is -0.352 e. The van der Waals surface area contributed by atoms with Crippen molar-refractivity contribution in [1.29, 1.82) is 0 Å². The molecule has 0 radical (unpaired) electrons. The van der Waals surface area contributed by atoms with E-state index in [0.29, 0.717) is 12.8 Å². The number of piperidine rings is 1. The molecule has 2 rings (SSSR count). The zero-order valence-electron chi connectivity index (χ0n) is 12.7. The molecule has 2 amide bonds. The summed E-state index contributed by atoms with van der Waals surface area (Å²) in [4.78, 5) is 24.4. The molecule has 2 fully saturated rings. The van der Waals surface area contributed by atoms with E-state index in [1.165, 1.54) is 0 Å². The molecule has 0 saturated carbocycles. The van der Waals surface area contributed by atoms with E-state index in [4.69, 9.17) is 0 Å². The Morgan fingerprint density at radius 1 is 1.21 bits per heavy atom. The summed E-state index contributed by atoms with van der Waals surface area (Å²) in [5, 5.41) is 5.05. The molecular weight excluding hydrogens is 361 g/mol. The van der Waals surface area contributed by atoms with Gasteiger partial charge < -0.3 is 10.2 Å². The van der Waals surface area contributed by atoms with Crippen LogP contribution in [-0.4, -0.2) is 60.5 Å². The quantitative estimate of drug-likeness (QED) is 0.730. The first kappa shape index (κ1) is 20.9. The Hall–Kier alpha value is -1.16. The zero-order valence-corrected chi connectivity index (χ0v) is 13.5. The maximum Gasteiger partial charge on any atom is 0.397 e. The average molecular weight is 380 g/mol. The molecule has 0 bridgehead atoms. The van der Waals surface area contributed by atoms with E-state index in [-0.39, 0.29) is 31.5 Å². The summed E-state index contributed by atoms with van der Waals surface area (Å²) in [5.41, 5.74) is 0. The average Bonchev–Trinajstić information content (AvgIpc) is 2.78. The molecule has 0 aliphatic carbocycles. The van der Waals surface area contributed by atoms with Crippen LogP contribution in [0.25, 0.3) is 0 Å². The van der Waals surface area contributed by atoms with Crippen LogP contribution in [0.3, 0.4) is 0 Å². The fourth-order valence-corrected chi connectivity index (χ4v) is 2.76. The summed E-state index contributed by atoms with van der Waals surface area (Å²) in [5.74, 6) is -4.43. The molecule has 0 aromatic heterocycles. The van der Waals surface area contributed by atoms with Gasteiger partial charge in [-0.1, -0.05) is 0 Å². The third kappa shape index (κ3) is 6.04. The highest BCUT2D eigenvalue weighted by Crippen LogP contribution is 2.26. The highest BCUT2D eigenvalue weighted by atomic mass is 35.5. The Labute approximate surface area is 141 Å². The van der Waals surface area contributed by atoms with Crippen molar-refractivity contribution in [2.24, 2.45) is 0 Å². The molecule has 2 N–H and O–H groups in total. The number of alkyl halides is 5. The van der Waals surface area contributed by atoms with Gasteiger partial charge in [0.15, 0.2) is 0 Å². The van der Waals surface area contributed by atoms with E-state index in [2.05, 4.69) is 10.6 Å². The first-order valence-electron chi connectivity index (χ1n) is 7.32. The van der Waals surface area contributed by atoms with Gasteiger partial charge in [0.25, 0.3) is 5.92 Å². The molecule has 140 valence electrons. The summed E-state index contributed by atoms with van der Waals surface area (Å²) in [6, 6.07) is -1.29. The third-order valence-electron chi connectivity index (χ3n) is 3.97. The van der Waals surface area contributed by atoms with E-state index >= 15 is 0 Å². The molecule has 0 spiro atoms. The standard InChI is InChI=1S/C13H18F5N3O2.ClH/c14-12(15)5-9(19-7-12)11(23)20-8-1-3-21(4-2-8)10(22)6-13(16,17)18;/h8-9,19H,1-7H2,(H,20,23);1H. The van der Waals surface area contributed by atoms with Gasteiger partial charge in [0.1, 0.15) is 6.42 Å². The van der Waals surface area contributed by atoms with Crippen LogP contribution in [0.4, 0.5) is 22.0 Å². The van der Waals surface area contributed by atoms with Gasteiger partial charge in [-0.3, -0.25) is 14.9 Å². The van der Waals surface area contributed by atoms with Gasteiger partial charge in [-0.05, 0) is 12.8 Å². The minimum absolute atomic E-state index is 0. The Balaban J connectivity index is 0.00000288. The predicted molar refractivity (Wildman–Crippen MR) is 77.0 cm³/mol. The van der Waals surface area contributed by atoms with Crippen molar-refractivity contribution in [2.45, 2.75) is 49.9 Å². The van der Waals surface area contributed by atoms with Crippen molar-refractivity contribution < 1.29 is 31.5 Å². The number of nitrogens with zero attached hydrogens (tertiary/aromatic N) is 1. The fourth-order valence-electron chi connectivity index (χ4n) is 2.76. The third-order valence-corrected chi connectivity index (χ3v) is 3.97. The molecule has 2 heterocycles. The number of halogens is 6. The van der Waals surface area contributed by atoms with E-state index in [1.807, 2.05) is 0 Å². The molecule has 2 aliphatic heterocycles. The number of carbonyl (C=O) groups is 2. The number of carbonyl (C=O) groups excluding carboxylic acids is 2. The maximum absolute atomic E-state index is 13.0. The van der Waals surface area contributed by atoms with Crippen LogP contribution in [0.1, 0.15) is 25.7 Å². The van der Waals surface area contributed by atoms with Crippen LogP contribution in [0, 0.1) is 0 Å². The van der Waals surface area contributed by atoms with Crippen molar-refractivity contribution in [1.82, 2.24) is 15.5 Å². The number of amides is 2. The van der Waals surface area contributed by atoms with Crippen LogP contribution < -0.4 is 10.6 Å². The van der Waals surface area contributed by atoms with Gasteiger partial charge >= 0.3 is 6.18 Å². The Morgan fingerprint density at radius 3 is 2.25 bits per heavy atom. The molecule has 2 saturated heterocycles. The molecule has 24 heavy (non-hydrogen) atoms. The smallest absolute Gasteiger partial charge is 0.352 e. The molecule has 0 aromatic rings. The van der Waals surface area contributed by atoms with E-state index < -0.39 is 49.3 Å². The van der Waals surface area contributed by atoms with Gasteiger partial charge in [0.05, 0.1) is 12.6 Å². The SMILES string of the molecule is Cl.O=C(NC1CCN(C(=O)CC(F)(F)F)CC1)C1CC(F)(F)CN1. The first-order chi connectivity index (χ1) is 10.6. The molecule has 2 aliphatic rings. The molecular formula is C13H19ClF5N3O2. The minimum atomic E-state index is -4.54. The first-order valence-corrected chi connectivity index (χ1v) is 7.32. The monoisotopic (exact) mass is 379 g/mol. The number of nitrogens with one attached hydrogen (secondary N) is 2. The Morgan fingerprint density at radius 2 is 1.79 bits per heavy atom. The highest BCUT2D eigenvalue weighted by Gasteiger charge is 2.43. The highest BCUT2D eigenvalue weighted by molar-refractivity contribution is 5.85. The van der Waals surface area contributed by atoms with Crippen molar-refractivity contribution in [2.75, 3.05) is 19.6 Å². The van der Waals surface area contributed by atoms with E-state index in [9.17, 15) is 31.5 Å². The van der Waals surface area contributed by atoms with Crippen LogP contribution in [0.15, 0.2) is 0 Å². The topological polar surface area (TPSA) is 61.4 Å². The predicted octanol–water partition coefficient (Wildman–Crippen LogP) is 1.46. The molecule has 0 aromatic carbocycles. The second-order valence-corrected chi connectivity index (χ2v) is 5.95. The number of likely N-dealkylation sites (tertiary alicyclic amines) is 1. The molecule has 5 nitrogen and oxygen atoms in total. The normalized spacial score (nSPS) is 24.4. The van der Waals surface area contributed by atoms with E-state index in [1.54, 1.807) is 0 Å². The Kier molecular flexibility index (Phi) is 6.80. The summed E-state index contributed by atoms with van der Waals surface area (Å²) in [6.45, 7) is -0.336. The van der Waals surface area contributed by atoms with Crippen LogP contribution >= 0.6 is 12.4 Å². The lowest BCUT2D eigenvalue weighted by Crippen LogP contribution is -2.50. The van der Waals surface area contributed by atoms with Crippen LogP contribution in [-0.2, 0) is 9.59 Å². The Bertz CT molecular complexity index is 467. The van der Waals surface area contributed by atoms with Gasteiger partial charge in [0.2, 0.25) is 11.8 Å².